The van der Waals surface area contributed by atoms with Gasteiger partial charge in [0.2, 0.25) is 11.8 Å². The third-order valence-corrected chi connectivity index (χ3v) is 5.80. The first-order chi connectivity index (χ1) is 15.0. The fourth-order valence-corrected chi connectivity index (χ4v) is 4.06. The number of anilines is 1. The molecular formula is C21H24N6O3S. The summed E-state index contributed by atoms with van der Waals surface area (Å²) in [5.74, 6) is 1.98. The van der Waals surface area contributed by atoms with E-state index in [1.807, 2.05) is 23.3 Å². The summed E-state index contributed by atoms with van der Waals surface area (Å²) in [6, 6.07) is 5.37. The van der Waals surface area contributed by atoms with Gasteiger partial charge < -0.3 is 14.6 Å². The monoisotopic (exact) mass is 440 g/mol. The van der Waals surface area contributed by atoms with Gasteiger partial charge in [0, 0.05) is 50.7 Å². The van der Waals surface area contributed by atoms with Crippen LogP contribution in [0.5, 0.6) is 0 Å². The summed E-state index contributed by atoms with van der Waals surface area (Å²) in [5.41, 5.74) is 0.622. The molecule has 31 heavy (non-hydrogen) atoms. The topological polar surface area (TPSA) is 104 Å². The highest BCUT2D eigenvalue weighted by Gasteiger charge is 2.19. The minimum Gasteiger partial charge on any atom is -0.458 e. The van der Waals surface area contributed by atoms with Gasteiger partial charge in [-0.3, -0.25) is 14.5 Å². The third-order valence-electron chi connectivity index (χ3n) is 5.01. The van der Waals surface area contributed by atoms with Gasteiger partial charge in [-0.2, -0.15) is 0 Å². The van der Waals surface area contributed by atoms with E-state index >= 15 is 0 Å². The van der Waals surface area contributed by atoms with E-state index in [1.165, 1.54) is 11.3 Å². The molecule has 10 heteroatoms. The quantitative estimate of drug-likeness (QED) is 0.650. The fourth-order valence-electron chi connectivity index (χ4n) is 3.47. The number of rotatable bonds is 5. The van der Waals surface area contributed by atoms with Crippen molar-refractivity contribution in [3.63, 3.8) is 0 Å². The van der Waals surface area contributed by atoms with Crippen LogP contribution in [0.25, 0.3) is 22.3 Å². The Kier molecular flexibility index (Phi) is 6.38. The molecule has 0 radical (unpaired) electrons. The molecule has 4 heterocycles. The van der Waals surface area contributed by atoms with Crippen molar-refractivity contribution >= 4 is 29.0 Å². The van der Waals surface area contributed by atoms with Crippen LogP contribution < -0.4 is 5.32 Å². The Hall–Kier alpha value is -3.11. The minimum atomic E-state index is -0.165. The van der Waals surface area contributed by atoms with Crippen LogP contribution in [-0.2, 0) is 9.59 Å². The number of nitrogens with one attached hydrogen (secondary N) is 1. The van der Waals surface area contributed by atoms with E-state index in [0.29, 0.717) is 36.2 Å². The zero-order valence-electron chi connectivity index (χ0n) is 17.5. The van der Waals surface area contributed by atoms with Gasteiger partial charge in [-0.25, -0.2) is 15.0 Å². The van der Waals surface area contributed by atoms with Gasteiger partial charge in [-0.05, 0) is 25.5 Å². The average molecular weight is 441 g/mol. The molecular weight excluding hydrogens is 416 g/mol. The molecule has 162 valence electrons. The molecule has 0 unspecified atom stereocenters. The summed E-state index contributed by atoms with van der Waals surface area (Å²) in [4.78, 5) is 41.6. The maximum absolute atomic E-state index is 12.7. The van der Waals surface area contributed by atoms with E-state index in [2.05, 4.69) is 25.2 Å². The molecule has 0 saturated carbocycles. The van der Waals surface area contributed by atoms with E-state index in [0.717, 1.165) is 30.3 Å². The first-order valence-electron chi connectivity index (χ1n) is 10.1. The maximum Gasteiger partial charge on any atom is 0.239 e. The molecule has 1 aliphatic rings. The molecule has 2 amide bonds. The lowest BCUT2D eigenvalue weighted by molar-refractivity contribution is -0.128. The van der Waals surface area contributed by atoms with Crippen molar-refractivity contribution in [2.45, 2.75) is 20.3 Å². The van der Waals surface area contributed by atoms with Gasteiger partial charge in [0.15, 0.2) is 11.6 Å². The van der Waals surface area contributed by atoms with Crippen LogP contribution in [0, 0.1) is 6.92 Å². The number of aryl methyl sites for hydroxylation is 1. The van der Waals surface area contributed by atoms with Crippen LogP contribution in [0.15, 0.2) is 34.2 Å². The first-order valence-corrected chi connectivity index (χ1v) is 11.0. The Labute approximate surface area is 184 Å². The Bertz CT molecular complexity index is 1070. The van der Waals surface area contributed by atoms with Crippen molar-refractivity contribution in [3.8, 4) is 22.3 Å². The number of aromatic nitrogens is 3. The van der Waals surface area contributed by atoms with Crippen molar-refractivity contribution < 1.29 is 14.0 Å². The third kappa shape index (κ3) is 5.33. The SMILES string of the molecule is CC(=O)N1CCCN(CC(=O)Nc2cc(-c3nccs3)nc(-c3ccc(C)o3)n2)CC1. The highest BCUT2D eigenvalue weighted by atomic mass is 32.1. The van der Waals surface area contributed by atoms with E-state index in [-0.39, 0.29) is 18.4 Å². The number of furan rings is 1. The Morgan fingerprint density at radius 2 is 2.06 bits per heavy atom. The smallest absolute Gasteiger partial charge is 0.239 e. The summed E-state index contributed by atoms with van der Waals surface area (Å²) in [6.45, 7) is 6.45. The fraction of sp³-hybridized carbons (Fsp3) is 0.381. The molecule has 0 atom stereocenters. The normalized spacial score (nSPS) is 15.0. The molecule has 3 aromatic heterocycles. The van der Waals surface area contributed by atoms with Crippen molar-refractivity contribution in [2.75, 3.05) is 38.0 Å². The summed E-state index contributed by atoms with van der Waals surface area (Å²) < 4.78 is 5.67. The number of amides is 2. The number of carbonyl (C=O) groups is 2. The zero-order chi connectivity index (χ0) is 21.8. The lowest BCUT2D eigenvalue weighted by atomic mass is 10.3. The lowest BCUT2D eigenvalue weighted by Gasteiger charge is -2.20. The maximum atomic E-state index is 12.7. The van der Waals surface area contributed by atoms with Crippen molar-refractivity contribution in [2.24, 2.45) is 0 Å². The van der Waals surface area contributed by atoms with Crippen LogP contribution in [0.3, 0.4) is 0 Å². The standard InChI is InChI=1S/C21H24N6O3S/c1-14-4-5-17(30-14)20-23-16(21-22-6-11-31-21)12-18(25-20)24-19(29)13-26-7-3-8-27(10-9-26)15(2)28/h4-6,11-12H,3,7-10,13H2,1-2H3,(H,23,24,25,29). The largest absolute Gasteiger partial charge is 0.458 e. The predicted octanol–water partition coefficient (Wildman–Crippen LogP) is 2.66. The van der Waals surface area contributed by atoms with Gasteiger partial charge in [-0.15, -0.1) is 11.3 Å². The number of thiazole rings is 1. The summed E-state index contributed by atoms with van der Waals surface area (Å²) in [6.07, 6.45) is 2.55. The second-order valence-electron chi connectivity index (χ2n) is 7.39. The van der Waals surface area contributed by atoms with Gasteiger partial charge >= 0.3 is 0 Å². The minimum absolute atomic E-state index is 0.0719. The predicted molar refractivity (Wildman–Crippen MR) is 118 cm³/mol. The Balaban J connectivity index is 1.50. The van der Waals surface area contributed by atoms with E-state index in [4.69, 9.17) is 4.42 Å². The van der Waals surface area contributed by atoms with Crippen molar-refractivity contribution in [3.05, 3.63) is 35.5 Å². The number of nitrogens with zero attached hydrogens (tertiary/aromatic N) is 5. The van der Waals surface area contributed by atoms with Crippen LogP contribution in [0.4, 0.5) is 5.82 Å². The van der Waals surface area contributed by atoms with Crippen molar-refractivity contribution in [1.82, 2.24) is 24.8 Å². The summed E-state index contributed by atoms with van der Waals surface area (Å²) >= 11 is 1.46. The number of hydrogen-bond acceptors (Lipinski definition) is 8. The molecule has 1 aliphatic heterocycles. The number of carbonyl (C=O) groups excluding carboxylic acids is 2. The average Bonchev–Trinajstić information content (AvgIpc) is 3.36. The van der Waals surface area contributed by atoms with Crippen LogP contribution >= 0.6 is 11.3 Å². The lowest BCUT2D eigenvalue weighted by Crippen LogP contribution is -2.37. The summed E-state index contributed by atoms with van der Waals surface area (Å²) in [7, 11) is 0. The first kappa shape index (κ1) is 21.1. The molecule has 0 aromatic carbocycles. The van der Waals surface area contributed by atoms with Gasteiger partial charge in [0.25, 0.3) is 0 Å². The van der Waals surface area contributed by atoms with E-state index in [1.54, 1.807) is 25.3 Å². The second kappa shape index (κ2) is 9.36. The van der Waals surface area contributed by atoms with E-state index < -0.39 is 0 Å². The highest BCUT2D eigenvalue weighted by molar-refractivity contribution is 7.13. The molecule has 3 aromatic rings. The van der Waals surface area contributed by atoms with Gasteiger partial charge in [0.05, 0.1) is 6.54 Å². The molecule has 0 aliphatic carbocycles. The zero-order valence-corrected chi connectivity index (χ0v) is 18.3. The number of hydrogen-bond donors (Lipinski definition) is 1. The van der Waals surface area contributed by atoms with Crippen molar-refractivity contribution in [1.29, 1.82) is 0 Å². The molecule has 1 N–H and O–H groups in total. The van der Waals surface area contributed by atoms with Gasteiger partial charge in [0.1, 0.15) is 22.3 Å². The molecule has 9 nitrogen and oxygen atoms in total. The molecule has 0 bridgehead atoms. The molecule has 0 spiro atoms. The van der Waals surface area contributed by atoms with E-state index in [9.17, 15) is 9.59 Å². The molecule has 1 saturated heterocycles. The van der Waals surface area contributed by atoms with Crippen LogP contribution in [0.1, 0.15) is 19.1 Å². The highest BCUT2D eigenvalue weighted by Crippen LogP contribution is 2.26. The molecule has 4 rings (SSSR count). The molecule has 1 fully saturated rings. The summed E-state index contributed by atoms with van der Waals surface area (Å²) in [5, 5.41) is 5.49. The Morgan fingerprint density at radius 1 is 1.19 bits per heavy atom. The second-order valence-corrected chi connectivity index (χ2v) is 8.29. The Morgan fingerprint density at radius 3 is 2.77 bits per heavy atom. The van der Waals surface area contributed by atoms with Crippen LogP contribution in [0.2, 0.25) is 0 Å². The van der Waals surface area contributed by atoms with Gasteiger partial charge in [-0.1, -0.05) is 0 Å². The van der Waals surface area contributed by atoms with Crippen LogP contribution in [-0.4, -0.2) is 69.3 Å².